The van der Waals surface area contributed by atoms with Gasteiger partial charge in [-0.1, -0.05) is 23.8 Å². The number of carbonyl (C=O) groups is 1. The number of rotatable bonds is 6. The first kappa shape index (κ1) is 14.4. The highest BCUT2D eigenvalue weighted by molar-refractivity contribution is 5.82. The molecule has 0 aliphatic carbocycles. The number of hydrogen-bond acceptors (Lipinski definition) is 3. The van der Waals surface area contributed by atoms with Crippen LogP contribution in [0.1, 0.15) is 23.1 Å². The number of nitrogens with zero attached hydrogens (tertiary/aromatic N) is 2. The zero-order valence-corrected chi connectivity index (χ0v) is 11.4. The molecule has 0 aliphatic heterocycles. The Balaban J connectivity index is 2.47. The van der Waals surface area contributed by atoms with E-state index >= 15 is 0 Å². The molecular weight excluding hydrogens is 224 g/mol. The fourth-order valence-electron chi connectivity index (χ4n) is 1.91. The van der Waals surface area contributed by atoms with Crippen LogP contribution in [0.2, 0.25) is 0 Å². The molecule has 0 amide bonds. The summed E-state index contributed by atoms with van der Waals surface area (Å²) in [6, 6.07) is 8.32. The molecular formula is C15H20N2O. The van der Waals surface area contributed by atoms with Crippen LogP contribution in [0.15, 0.2) is 18.2 Å². The third-order valence-corrected chi connectivity index (χ3v) is 2.99. The molecule has 1 rings (SSSR count). The highest BCUT2D eigenvalue weighted by Crippen LogP contribution is 2.11. The van der Waals surface area contributed by atoms with Gasteiger partial charge in [0.05, 0.1) is 19.0 Å². The second kappa shape index (κ2) is 6.93. The summed E-state index contributed by atoms with van der Waals surface area (Å²) in [6.45, 7) is 5.39. The summed E-state index contributed by atoms with van der Waals surface area (Å²) in [6.07, 6.45) is 0.942. The van der Waals surface area contributed by atoms with Crippen molar-refractivity contribution in [3.05, 3.63) is 34.9 Å². The molecule has 18 heavy (non-hydrogen) atoms. The number of ketones is 1. The van der Waals surface area contributed by atoms with Crippen molar-refractivity contribution in [3.8, 4) is 6.07 Å². The van der Waals surface area contributed by atoms with Crippen molar-refractivity contribution < 1.29 is 4.79 Å². The van der Waals surface area contributed by atoms with Crippen LogP contribution in [0.25, 0.3) is 0 Å². The number of nitriles is 1. The molecule has 96 valence electrons. The molecule has 0 radical (unpaired) electrons. The summed E-state index contributed by atoms with van der Waals surface area (Å²) < 4.78 is 0. The number of Topliss-reactive ketones (excluding diaryl/α,β-unsaturated/α-hetero) is 1. The zero-order chi connectivity index (χ0) is 13.5. The molecule has 0 N–H and O–H groups in total. The van der Waals surface area contributed by atoms with E-state index in [4.69, 9.17) is 5.26 Å². The van der Waals surface area contributed by atoms with Gasteiger partial charge in [0.15, 0.2) is 5.78 Å². The summed E-state index contributed by atoms with van der Waals surface area (Å²) in [5, 5.41) is 8.44. The van der Waals surface area contributed by atoms with E-state index in [1.54, 1.807) is 0 Å². The van der Waals surface area contributed by atoms with Gasteiger partial charge in [-0.25, -0.2) is 0 Å². The zero-order valence-electron chi connectivity index (χ0n) is 11.4. The summed E-state index contributed by atoms with van der Waals surface area (Å²) in [7, 11) is 1.92. The van der Waals surface area contributed by atoms with Crippen molar-refractivity contribution in [2.24, 2.45) is 0 Å². The van der Waals surface area contributed by atoms with Gasteiger partial charge in [0.2, 0.25) is 0 Å². The van der Waals surface area contributed by atoms with Gasteiger partial charge in [-0.05, 0) is 38.4 Å². The molecule has 1 aromatic carbocycles. The van der Waals surface area contributed by atoms with Gasteiger partial charge < -0.3 is 0 Å². The van der Waals surface area contributed by atoms with Crippen LogP contribution in [0, 0.1) is 25.2 Å². The lowest BCUT2D eigenvalue weighted by atomic mass is 10.0. The van der Waals surface area contributed by atoms with Crippen molar-refractivity contribution in [3.63, 3.8) is 0 Å². The van der Waals surface area contributed by atoms with E-state index in [2.05, 4.69) is 32.0 Å². The van der Waals surface area contributed by atoms with E-state index in [-0.39, 0.29) is 12.2 Å². The lowest BCUT2D eigenvalue weighted by Gasteiger charge is -2.16. The first-order valence-corrected chi connectivity index (χ1v) is 6.16. The number of benzene rings is 1. The minimum atomic E-state index is -0.0130. The van der Waals surface area contributed by atoms with Crippen LogP contribution in [0.4, 0.5) is 0 Å². The summed E-state index contributed by atoms with van der Waals surface area (Å²) in [5.74, 6) is -0.0130. The molecule has 0 atom stereocenters. The number of carbonyl (C=O) groups excluding carboxylic acids is 1. The molecule has 0 spiro atoms. The molecule has 0 unspecified atom stereocenters. The molecule has 0 heterocycles. The average molecular weight is 244 g/mol. The Morgan fingerprint density at radius 2 is 2.11 bits per heavy atom. The number of aryl methyl sites for hydroxylation is 2. The lowest BCUT2D eigenvalue weighted by molar-refractivity contribution is -0.118. The van der Waals surface area contributed by atoms with Gasteiger partial charge in [0.1, 0.15) is 0 Å². The molecule has 0 saturated heterocycles. The minimum absolute atomic E-state index is 0.00775. The molecule has 0 bridgehead atoms. The van der Waals surface area contributed by atoms with Crippen LogP contribution < -0.4 is 0 Å². The van der Waals surface area contributed by atoms with E-state index in [9.17, 15) is 4.79 Å². The maximum absolute atomic E-state index is 11.3. The average Bonchev–Trinajstić information content (AvgIpc) is 2.30. The normalized spacial score (nSPS) is 10.4. The summed E-state index contributed by atoms with van der Waals surface area (Å²) >= 11 is 0. The molecule has 3 nitrogen and oxygen atoms in total. The Kier molecular flexibility index (Phi) is 5.54. The van der Waals surface area contributed by atoms with Crippen LogP contribution in [-0.4, -0.2) is 30.8 Å². The van der Waals surface area contributed by atoms with E-state index in [0.717, 1.165) is 13.0 Å². The molecule has 1 aromatic rings. The highest BCUT2D eigenvalue weighted by atomic mass is 16.1. The van der Waals surface area contributed by atoms with Gasteiger partial charge >= 0.3 is 0 Å². The number of likely N-dealkylation sites (N-methyl/N-ethyl adjacent to an activating group) is 1. The van der Waals surface area contributed by atoms with Crippen molar-refractivity contribution in [1.82, 2.24) is 4.90 Å². The predicted molar refractivity (Wildman–Crippen MR) is 72.4 cm³/mol. The molecule has 0 aliphatic rings. The third-order valence-electron chi connectivity index (χ3n) is 2.99. The second-order valence-electron chi connectivity index (χ2n) is 4.79. The molecule has 3 heteroatoms. The minimum Gasteiger partial charge on any atom is -0.299 e. The van der Waals surface area contributed by atoms with Crippen molar-refractivity contribution >= 4 is 5.78 Å². The lowest BCUT2D eigenvalue weighted by Crippen LogP contribution is -2.27. The Labute approximate surface area is 109 Å². The maximum Gasteiger partial charge on any atom is 0.160 e. The molecule has 0 saturated carbocycles. The van der Waals surface area contributed by atoms with E-state index in [1.165, 1.54) is 16.7 Å². The predicted octanol–water partition coefficient (Wildman–Crippen LogP) is 2.26. The number of hydrogen-bond donors (Lipinski definition) is 0. The van der Waals surface area contributed by atoms with E-state index < -0.39 is 0 Å². The summed E-state index contributed by atoms with van der Waals surface area (Å²) in [5.41, 5.74) is 3.88. The standard InChI is InChI=1S/C15H20N2O/c1-12-4-5-13(2)14(10-12)7-9-17(3)11-15(18)6-8-16/h4-5,10H,6-7,9,11H2,1-3H3. The smallest absolute Gasteiger partial charge is 0.160 e. The van der Waals surface area contributed by atoms with Crippen LogP contribution >= 0.6 is 0 Å². The van der Waals surface area contributed by atoms with Crippen molar-refractivity contribution in [2.75, 3.05) is 20.1 Å². The van der Waals surface area contributed by atoms with Crippen LogP contribution in [0.3, 0.4) is 0 Å². The van der Waals surface area contributed by atoms with Crippen molar-refractivity contribution in [1.29, 1.82) is 5.26 Å². The van der Waals surface area contributed by atoms with Gasteiger partial charge in [-0.2, -0.15) is 5.26 Å². The van der Waals surface area contributed by atoms with Gasteiger partial charge in [0, 0.05) is 6.54 Å². The second-order valence-corrected chi connectivity index (χ2v) is 4.79. The SMILES string of the molecule is Cc1ccc(C)c(CCN(C)CC(=O)CC#N)c1. The topological polar surface area (TPSA) is 44.1 Å². The van der Waals surface area contributed by atoms with Crippen LogP contribution in [0.5, 0.6) is 0 Å². The first-order valence-electron chi connectivity index (χ1n) is 6.16. The Morgan fingerprint density at radius 3 is 2.78 bits per heavy atom. The Morgan fingerprint density at radius 1 is 1.39 bits per heavy atom. The maximum atomic E-state index is 11.3. The largest absolute Gasteiger partial charge is 0.299 e. The van der Waals surface area contributed by atoms with Gasteiger partial charge in [0.25, 0.3) is 0 Å². The van der Waals surface area contributed by atoms with Gasteiger partial charge in [-0.3, -0.25) is 9.69 Å². The van der Waals surface area contributed by atoms with E-state index in [1.807, 2.05) is 18.0 Å². The third kappa shape index (κ3) is 4.68. The van der Waals surface area contributed by atoms with Gasteiger partial charge in [-0.15, -0.1) is 0 Å². The Bertz CT molecular complexity index is 460. The monoisotopic (exact) mass is 244 g/mol. The fourth-order valence-corrected chi connectivity index (χ4v) is 1.91. The summed E-state index contributed by atoms with van der Waals surface area (Å²) in [4.78, 5) is 13.3. The van der Waals surface area contributed by atoms with E-state index in [0.29, 0.717) is 6.54 Å². The van der Waals surface area contributed by atoms with Crippen molar-refractivity contribution in [2.45, 2.75) is 26.7 Å². The molecule has 0 fully saturated rings. The highest BCUT2D eigenvalue weighted by Gasteiger charge is 2.07. The first-order chi connectivity index (χ1) is 8.52. The van der Waals surface area contributed by atoms with Crippen LogP contribution in [-0.2, 0) is 11.2 Å². The fraction of sp³-hybridized carbons (Fsp3) is 0.467. The molecule has 0 aromatic heterocycles. The quantitative estimate of drug-likeness (QED) is 0.771. The Hall–Kier alpha value is -1.66.